The maximum Gasteiger partial charge on any atom is 0.279 e. The smallest absolute Gasteiger partial charge is 0.279 e. The monoisotopic (exact) mass is 335 g/mol. The van der Waals surface area contributed by atoms with Crippen LogP contribution in [0.25, 0.3) is 10.9 Å². The van der Waals surface area contributed by atoms with Gasteiger partial charge in [0.25, 0.3) is 10.2 Å². The van der Waals surface area contributed by atoms with E-state index in [0.717, 1.165) is 23.9 Å². The van der Waals surface area contributed by atoms with Crippen LogP contribution in [0.5, 0.6) is 0 Å². The van der Waals surface area contributed by atoms with E-state index in [1.807, 2.05) is 25.3 Å². The van der Waals surface area contributed by atoms with E-state index >= 15 is 0 Å². The van der Waals surface area contributed by atoms with Crippen LogP contribution in [0.1, 0.15) is 30.9 Å². The lowest BCUT2D eigenvalue weighted by Gasteiger charge is -2.24. The van der Waals surface area contributed by atoms with Gasteiger partial charge < -0.3 is 4.98 Å². The number of H-pyrrole nitrogens is 1. The highest BCUT2D eigenvalue weighted by atomic mass is 32.2. The molecule has 1 aromatic carbocycles. The normalized spacial score (nSPS) is 17.0. The van der Waals surface area contributed by atoms with E-state index < -0.39 is 10.2 Å². The number of nitrogens with zero attached hydrogens (tertiary/aromatic N) is 1. The van der Waals surface area contributed by atoms with Crippen molar-refractivity contribution in [2.24, 2.45) is 5.92 Å². The van der Waals surface area contributed by atoms with E-state index in [4.69, 9.17) is 0 Å². The van der Waals surface area contributed by atoms with Gasteiger partial charge in [0.2, 0.25) is 0 Å². The molecule has 0 radical (unpaired) electrons. The highest BCUT2D eigenvalue weighted by molar-refractivity contribution is 7.87. The Morgan fingerprint density at radius 2 is 2.13 bits per heavy atom. The average molecular weight is 335 g/mol. The minimum absolute atomic E-state index is 0.0721. The maximum absolute atomic E-state index is 12.4. The van der Waals surface area contributed by atoms with Crippen molar-refractivity contribution in [1.29, 1.82) is 0 Å². The van der Waals surface area contributed by atoms with E-state index in [0.29, 0.717) is 18.9 Å². The molecule has 1 saturated carbocycles. The Kier molecular flexibility index (Phi) is 4.49. The molecule has 23 heavy (non-hydrogen) atoms. The van der Waals surface area contributed by atoms with Gasteiger partial charge in [0.1, 0.15) is 0 Å². The van der Waals surface area contributed by atoms with Gasteiger partial charge in [-0.15, -0.1) is 0 Å². The van der Waals surface area contributed by atoms with Gasteiger partial charge in [0.15, 0.2) is 0 Å². The van der Waals surface area contributed by atoms with Crippen LogP contribution < -0.4 is 4.72 Å². The minimum Gasteiger partial charge on any atom is -0.361 e. The van der Waals surface area contributed by atoms with E-state index in [1.54, 1.807) is 7.05 Å². The first-order chi connectivity index (χ1) is 10.9. The molecule has 3 rings (SSSR count). The third kappa shape index (κ3) is 3.44. The van der Waals surface area contributed by atoms with E-state index in [2.05, 4.69) is 22.7 Å². The van der Waals surface area contributed by atoms with Gasteiger partial charge in [-0.3, -0.25) is 0 Å². The summed E-state index contributed by atoms with van der Waals surface area (Å²) in [5, 5.41) is 1.20. The maximum atomic E-state index is 12.4. The molecule has 126 valence electrons. The number of aryl methyl sites for hydroxylation is 1. The second-order valence-electron chi connectivity index (χ2n) is 6.56. The van der Waals surface area contributed by atoms with Gasteiger partial charge >= 0.3 is 0 Å². The molecule has 1 aromatic heterocycles. The van der Waals surface area contributed by atoms with Crippen molar-refractivity contribution >= 4 is 21.1 Å². The van der Waals surface area contributed by atoms with Crippen molar-refractivity contribution in [2.75, 3.05) is 13.6 Å². The number of rotatable bonds is 7. The highest BCUT2D eigenvalue weighted by Gasteiger charge is 2.35. The van der Waals surface area contributed by atoms with Crippen LogP contribution in [0.4, 0.5) is 0 Å². The fourth-order valence-corrected chi connectivity index (χ4v) is 4.33. The van der Waals surface area contributed by atoms with Gasteiger partial charge in [-0.25, -0.2) is 4.72 Å². The Bertz CT molecular complexity index is 793. The summed E-state index contributed by atoms with van der Waals surface area (Å²) in [5.41, 5.74) is 3.46. The van der Waals surface area contributed by atoms with Crippen LogP contribution in [0.2, 0.25) is 0 Å². The predicted octanol–water partition coefficient (Wildman–Crippen LogP) is 2.58. The largest absolute Gasteiger partial charge is 0.361 e. The molecule has 2 aromatic rings. The first-order valence-electron chi connectivity index (χ1n) is 8.18. The first-order valence-corrected chi connectivity index (χ1v) is 9.62. The van der Waals surface area contributed by atoms with Crippen LogP contribution in [-0.2, 0) is 16.6 Å². The lowest BCUT2D eigenvalue weighted by molar-refractivity contribution is 0.352. The Labute approximate surface area is 138 Å². The van der Waals surface area contributed by atoms with Crippen LogP contribution in [-0.4, -0.2) is 37.3 Å². The number of aromatic nitrogens is 1. The highest BCUT2D eigenvalue weighted by Crippen LogP contribution is 2.35. The molecular formula is C17H25N3O2S. The number of benzene rings is 1. The van der Waals surface area contributed by atoms with Crippen LogP contribution >= 0.6 is 0 Å². The molecule has 2 N–H and O–H groups in total. The molecule has 0 aliphatic heterocycles. The SMILES string of the molecule is Cc1cccc2[nH]cc(CCNS(=O)(=O)N(C)[C@@H](C)C3CC3)c12. The van der Waals surface area contributed by atoms with Crippen molar-refractivity contribution in [2.45, 2.75) is 39.2 Å². The van der Waals surface area contributed by atoms with Crippen molar-refractivity contribution in [3.63, 3.8) is 0 Å². The van der Waals surface area contributed by atoms with Gasteiger partial charge in [-0.05, 0) is 56.2 Å². The van der Waals surface area contributed by atoms with Crippen molar-refractivity contribution in [3.05, 3.63) is 35.5 Å². The molecule has 1 atom stereocenters. The van der Waals surface area contributed by atoms with E-state index in [-0.39, 0.29) is 6.04 Å². The number of hydrogen-bond donors (Lipinski definition) is 2. The fourth-order valence-electron chi connectivity index (χ4n) is 3.16. The standard InChI is InChI=1S/C17H25N3O2S/c1-12-5-4-6-16-17(12)15(11-18-16)9-10-19-23(21,22)20(3)13(2)14-7-8-14/h4-6,11,13-14,18-19H,7-10H2,1-3H3/t13-/m0/s1. The number of hydrogen-bond acceptors (Lipinski definition) is 2. The first kappa shape index (κ1) is 16.5. The fraction of sp³-hybridized carbons (Fsp3) is 0.529. The van der Waals surface area contributed by atoms with Gasteiger partial charge in [0.05, 0.1) is 0 Å². The van der Waals surface area contributed by atoms with Gasteiger partial charge in [-0.2, -0.15) is 12.7 Å². The molecule has 1 aliphatic carbocycles. The zero-order valence-electron chi connectivity index (χ0n) is 14.0. The second kappa shape index (κ2) is 6.26. The molecule has 0 amide bonds. The lowest BCUT2D eigenvalue weighted by atomic mass is 10.1. The summed E-state index contributed by atoms with van der Waals surface area (Å²) in [6, 6.07) is 6.22. The number of fused-ring (bicyclic) bond motifs is 1. The zero-order valence-corrected chi connectivity index (χ0v) is 14.8. The van der Waals surface area contributed by atoms with E-state index in [1.165, 1.54) is 15.3 Å². The number of aromatic amines is 1. The predicted molar refractivity (Wildman–Crippen MR) is 93.6 cm³/mol. The summed E-state index contributed by atoms with van der Waals surface area (Å²) in [7, 11) is -1.74. The Hall–Kier alpha value is -1.37. The summed E-state index contributed by atoms with van der Waals surface area (Å²) >= 11 is 0. The number of nitrogens with one attached hydrogen (secondary N) is 2. The minimum atomic E-state index is -3.41. The molecule has 0 saturated heterocycles. The van der Waals surface area contributed by atoms with Crippen LogP contribution in [0, 0.1) is 12.8 Å². The third-order valence-corrected chi connectivity index (χ3v) is 6.59. The summed E-state index contributed by atoms with van der Waals surface area (Å²) in [6.07, 6.45) is 4.92. The summed E-state index contributed by atoms with van der Waals surface area (Å²) in [5.74, 6) is 0.521. The Morgan fingerprint density at radius 1 is 1.39 bits per heavy atom. The summed E-state index contributed by atoms with van der Waals surface area (Å²) < 4.78 is 28.9. The second-order valence-corrected chi connectivity index (χ2v) is 8.37. The van der Waals surface area contributed by atoms with E-state index in [9.17, 15) is 8.42 Å². The quantitative estimate of drug-likeness (QED) is 0.817. The average Bonchev–Trinajstić information content (AvgIpc) is 3.28. The van der Waals surface area contributed by atoms with Crippen LogP contribution in [0.15, 0.2) is 24.4 Å². The Morgan fingerprint density at radius 3 is 2.83 bits per heavy atom. The zero-order chi connectivity index (χ0) is 16.6. The third-order valence-electron chi connectivity index (χ3n) is 4.93. The molecule has 1 fully saturated rings. The van der Waals surface area contributed by atoms with Crippen molar-refractivity contribution in [1.82, 2.24) is 14.0 Å². The molecule has 5 nitrogen and oxygen atoms in total. The van der Waals surface area contributed by atoms with Gasteiger partial charge in [-0.1, -0.05) is 12.1 Å². The molecule has 0 spiro atoms. The summed E-state index contributed by atoms with van der Waals surface area (Å²) in [6.45, 7) is 4.47. The van der Waals surface area contributed by atoms with Crippen molar-refractivity contribution in [3.8, 4) is 0 Å². The van der Waals surface area contributed by atoms with Crippen LogP contribution in [0.3, 0.4) is 0 Å². The molecule has 1 heterocycles. The Balaban J connectivity index is 1.64. The molecule has 1 aliphatic rings. The molecular weight excluding hydrogens is 310 g/mol. The topological polar surface area (TPSA) is 65.2 Å². The van der Waals surface area contributed by atoms with Gasteiger partial charge in [0, 0.05) is 36.7 Å². The lowest BCUT2D eigenvalue weighted by Crippen LogP contribution is -2.44. The molecule has 6 heteroatoms. The van der Waals surface area contributed by atoms with Crippen molar-refractivity contribution < 1.29 is 8.42 Å². The summed E-state index contributed by atoms with van der Waals surface area (Å²) in [4.78, 5) is 3.25. The molecule has 0 bridgehead atoms. The molecule has 0 unspecified atom stereocenters.